The molecule has 0 N–H and O–H groups in total. The lowest BCUT2D eigenvalue weighted by Crippen LogP contribution is -2.47. The van der Waals surface area contributed by atoms with Gasteiger partial charge in [-0.2, -0.15) is 13.2 Å². The summed E-state index contributed by atoms with van der Waals surface area (Å²) in [5, 5.41) is 0. The van der Waals surface area contributed by atoms with Crippen molar-refractivity contribution in [1.29, 1.82) is 0 Å². The molecule has 0 aromatic heterocycles. The van der Waals surface area contributed by atoms with Crippen molar-refractivity contribution in [3.8, 4) is 0 Å². The van der Waals surface area contributed by atoms with E-state index in [9.17, 15) is 22.8 Å². The summed E-state index contributed by atoms with van der Waals surface area (Å²) in [5.74, 6) is -0.506. The van der Waals surface area contributed by atoms with Crippen LogP contribution in [0.15, 0.2) is 54.6 Å². The van der Waals surface area contributed by atoms with Gasteiger partial charge in [0.25, 0.3) is 0 Å². The number of rotatable bonds is 5. The van der Waals surface area contributed by atoms with Gasteiger partial charge in [0.1, 0.15) is 0 Å². The molecule has 2 aromatic carbocycles. The maximum atomic E-state index is 13.2. The van der Waals surface area contributed by atoms with Crippen LogP contribution in [0.3, 0.4) is 0 Å². The molecule has 2 atom stereocenters. The van der Waals surface area contributed by atoms with Gasteiger partial charge in [-0.25, -0.2) is 0 Å². The fraction of sp³-hybridized carbons (Fsp3) is 0.440. The normalized spacial score (nSPS) is 21.3. The minimum absolute atomic E-state index is 0.0371. The van der Waals surface area contributed by atoms with E-state index in [1.54, 1.807) is 22.9 Å². The molecule has 0 bridgehead atoms. The van der Waals surface area contributed by atoms with Crippen molar-refractivity contribution < 1.29 is 22.8 Å². The van der Waals surface area contributed by atoms with E-state index in [0.717, 1.165) is 30.5 Å². The molecule has 2 aliphatic rings. The van der Waals surface area contributed by atoms with Crippen LogP contribution in [-0.2, 0) is 22.3 Å². The first-order valence-corrected chi connectivity index (χ1v) is 11.0. The highest BCUT2D eigenvalue weighted by Crippen LogP contribution is 2.41. The van der Waals surface area contributed by atoms with Gasteiger partial charge in [-0.05, 0) is 48.9 Å². The summed E-state index contributed by atoms with van der Waals surface area (Å²) < 4.78 is 39.7. The summed E-state index contributed by atoms with van der Waals surface area (Å²) in [6.45, 7) is 0.720. The third kappa shape index (κ3) is 4.97. The molecule has 32 heavy (non-hydrogen) atoms. The van der Waals surface area contributed by atoms with Crippen LogP contribution in [0.5, 0.6) is 0 Å². The Kier molecular flexibility index (Phi) is 6.26. The Morgan fingerprint density at radius 1 is 0.969 bits per heavy atom. The molecule has 0 unspecified atom stereocenters. The molecule has 1 heterocycles. The molecular formula is C25H27F3N2O2. The molecule has 0 radical (unpaired) electrons. The number of hydrogen-bond acceptors (Lipinski definition) is 2. The van der Waals surface area contributed by atoms with E-state index < -0.39 is 17.8 Å². The van der Waals surface area contributed by atoms with Gasteiger partial charge < -0.3 is 9.80 Å². The average molecular weight is 444 g/mol. The molecule has 4 nitrogen and oxygen atoms in total. The molecule has 1 aliphatic carbocycles. The predicted molar refractivity (Wildman–Crippen MR) is 114 cm³/mol. The van der Waals surface area contributed by atoms with Crippen molar-refractivity contribution in [2.24, 2.45) is 11.8 Å². The first-order chi connectivity index (χ1) is 15.2. The number of carbonyl (C=O) groups excluding carboxylic acids is 2. The minimum Gasteiger partial charge on any atom is -0.341 e. The average Bonchev–Trinajstić information content (AvgIpc) is 3.63. The van der Waals surface area contributed by atoms with Crippen molar-refractivity contribution in [3.05, 3.63) is 71.3 Å². The van der Waals surface area contributed by atoms with Crippen LogP contribution in [0.1, 0.15) is 48.4 Å². The molecule has 4 rings (SSSR count). The van der Waals surface area contributed by atoms with Gasteiger partial charge in [-0.1, -0.05) is 42.5 Å². The van der Waals surface area contributed by atoms with E-state index in [-0.39, 0.29) is 30.2 Å². The predicted octanol–water partition coefficient (Wildman–Crippen LogP) is 5.05. The number of halogens is 3. The van der Waals surface area contributed by atoms with Crippen LogP contribution in [-0.4, -0.2) is 35.2 Å². The Labute approximate surface area is 186 Å². The SMILES string of the molecule is CN(Cc1ccccc1)C(=O)[C@@H]1CC[C@@H](c2cccc(C(F)(F)F)c2)N(C(=O)C2CC2)C1. The van der Waals surface area contributed by atoms with E-state index >= 15 is 0 Å². The molecule has 1 saturated heterocycles. The highest BCUT2D eigenvalue weighted by molar-refractivity contribution is 5.84. The first-order valence-electron chi connectivity index (χ1n) is 11.0. The number of hydrogen-bond donors (Lipinski definition) is 0. The number of alkyl halides is 3. The Bertz CT molecular complexity index is 973. The quantitative estimate of drug-likeness (QED) is 0.647. The second kappa shape index (κ2) is 8.96. The third-order valence-electron chi connectivity index (χ3n) is 6.38. The first kappa shape index (κ1) is 22.4. The van der Waals surface area contributed by atoms with Gasteiger partial charge in [0.05, 0.1) is 17.5 Å². The van der Waals surface area contributed by atoms with E-state index in [1.807, 2.05) is 30.3 Å². The molecule has 2 amide bonds. The number of likely N-dealkylation sites (tertiary alicyclic amines) is 1. The lowest BCUT2D eigenvalue weighted by atomic mass is 9.87. The number of nitrogens with zero attached hydrogens (tertiary/aromatic N) is 2. The van der Waals surface area contributed by atoms with Crippen LogP contribution in [0.4, 0.5) is 13.2 Å². The van der Waals surface area contributed by atoms with Gasteiger partial charge in [-0.15, -0.1) is 0 Å². The second-order valence-corrected chi connectivity index (χ2v) is 8.86. The number of carbonyl (C=O) groups is 2. The van der Waals surface area contributed by atoms with Crippen molar-refractivity contribution in [1.82, 2.24) is 9.80 Å². The summed E-state index contributed by atoms with van der Waals surface area (Å²) in [4.78, 5) is 29.5. The standard InChI is InChI=1S/C25H27F3N2O2/c1-29(15-17-6-3-2-4-7-17)23(31)20-12-13-22(30(16-20)24(32)18-10-11-18)19-8-5-9-21(14-19)25(26,27)28/h2-9,14,18,20,22H,10-13,15-16H2,1H3/t20-,22+/m1/s1. The Morgan fingerprint density at radius 3 is 2.31 bits per heavy atom. The highest BCUT2D eigenvalue weighted by Gasteiger charge is 2.42. The van der Waals surface area contributed by atoms with Gasteiger partial charge in [0.15, 0.2) is 0 Å². The molecule has 170 valence electrons. The zero-order valence-corrected chi connectivity index (χ0v) is 18.0. The monoisotopic (exact) mass is 444 g/mol. The highest BCUT2D eigenvalue weighted by atomic mass is 19.4. The molecule has 2 aromatic rings. The summed E-state index contributed by atoms with van der Waals surface area (Å²) in [6, 6.07) is 14.5. The van der Waals surface area contributed by atoms with E-state index in [4.69, 9.17) is 0 Å². The molecule has 1 aliphatic heterocycles. The van der Waals surface area contributed by atoms with Crippen LogP contribution in [0.2, 0.25) is 0 Å². The van der Waals surface area contributed by atoms with Crippen molar-refractivity contribution in [2.75, 3.05) is 13.6 Å². The maximum absolute atomic E-state index is 13.2. The molecular weight excluding hydrogens is 417 g/mol. The fourth-order valence-electron chi connectivity index (χ4n) is 4.50. The van der Waals surface area contributed by atoms with Gasteiger partial charge in [0.2, 0.25) is 11.8 Å². The maximum Gasteiger partial charge on any atom is 0.416 e. The van der Waals surface area contributed by atoms with Crippen LogP contribution in [0, 0.1) is 11.8 Å². The Balaban J connectivity index is 1.52. The van der Waals surface area contributed by atoms with Gasteiger partial charge in [-0.3, -0.25) is 9.59 Å². The van der Waals surface area contributed by atoms with Gasteiger partial charge in [0, 0.05) is 26.1 Å². The number of amides is 2. The summed E-state index contributed by atoms with van der Waals surface area (Å²) >= 11 is 0. The Hall–Kier alpha value is -2.83. The van der Waals surface area contributed by atoms with E-state index in [1.165, 1.54) is 6.07 Å². The lowest BCUT2D eigenvalue weighted by Gasteiger charge is -2.40. The summed E-state index contributed by atoms with van der Waals surface area (Å²) in [6.07, 6.45) is -1.83. The van der Waals surface area contributed by atoms with Crippen molar-refractivity contribution in [3.63, 3.8) is 0 Å². The van der Waals surface area contributed by atoms with Crippen molar-refractivity contribution in [2.45, 2.75) is 44.4 Å². The smallest absolute Gasteiger partial charge is 0.341 e. The van der Waals surface area contributed by atoms with E-state index in [0.29, 0.717) is 24.9 Å². The van der Waals surface area contributed by atoms with Crippen LogP contribution in [0.25, 0.3) is 0 Å². The summed E-state index contributed by atoms with van der Waals surface area (Å²) in [7, 11) is 1.75. The number of benzene rings is 2. The van der Waals surface area contributed by atoms with Crippen LogP contribution < -0.4 is 0 Å². The largest absolute Gasteiger partial charge is 0.416 e. The second-order valence-electron chi connectivity index (χ2n) is 8.86. The lowest BCUT2D eigenvalue weighted by molar-refractivity contribution is -0.143. The molecule has 2 fully saturated rings. The Morgan fingerprint density at radius 2 is 1.66 bits per heavy atom. The third-order valence-corrected chi connectivity index (χ3v) is 6.38. The molecule has 0 spiro atoms. The van der Waals surface area contributed by atoms with Crippen LogP contribution >= 0.6 is 0 Å². The minimum atomic E-state index is -4.44. The summed E-state index contributed by atoms with van der Waals surface area (Å²) in [5.41, 5.74) is 0.791. The van der Waals surface area contributed by atoms with Crippen molar-refractivity contribution >= 4 is 11.8 Å². The topological polar surface area (TPSA) is 40.6 Å². The fourth-order valence-corrected chi connectivity index (χ4v) is 4.50. The zero-order valence-electron chi connectivity index (χ0n) is 18.0. The molecule has 7 heteroatoms. The number of piperidine rings is 1. The van der Waals surface area contributed by atoms with Gasteiger partial charge >= 0.3 is 6.18 Å². The van der Waals surface area contributed by atoms with E-state index in [2.05, 4.69) is 0 Å². The molecule has 1 saturated carbocycles. The zero-order chi connectivity index (χ0) is 22.9.